The van der Waals surface area contributed by atoms with Crippen LogP contribution in [-0.2, 0) is 4.79 Å². The summed E-state index contributed by atoms with van der Waals surface area (Å²) in [6.07, 6.45) is 8.10. The first-order valence-corrected chi connectivity index (χ1v) is 10.5. The highest BCUT2D eigenvalue weighted by atomic mass is 32.2. The van der Waals surface area contributed by atoms with Crippen molar-refractivity contribution in [1.82, 2.24) is 25.1 Å². The molecular weight excluding hydrogens is 346 g/mol. The Labute approximate surface area is 158 Å². The zero-order chi connectivity index (χ0) is 17.8. The summed E-state index contributed by atoms with van der Waals surface area (Å²) in [4.78, 5) is 15.3. The quantitative estimate of drug-likeness (QED) is 0.751. The maximum atomic E-state index is 13.3. The Balaban J connectivity index is 1.59. The average molecular weight is 372 g/mol. The highest BCUT2D eigenvalue weighted by molar-refractivity contribution is 8.00. The summed E-state index contributed by atoms with van der Waals surface area (Å²) in [6, 6.07) is 10.4. The molecule has 0 N–H and O–H groups in total. The molecule has 1 saturated heterocycles. The first-order chi connectivity index (χ1) is 12.8. The lowest BCUT2D eigenvalue weighted by molar-refractivity contribution is -0.131. The van der Waals surface area contributed by atoms with Crippen LogP contribution in [0, 0.1) is 0 Å². The highest BCUT2D eigenvalue weighted by Gasteiger charge is 2.31. The Morgan fingerprint density at radius 3 is 2.50 bits per heavy atom. The van der Waals surface area contributed by atoms with Gasteiger partial charge in [-0.15, -0.1) is 5.10 Å². The van der Waals surface area contributed by atoms with Crippen molar-refractivity contribution in [3.63, 3.8) is 0 Å². The molecule has 26 heavy (non-hydrogen) atoms. The molecule has 1 amide bonds. The first-order valence-electron chi connectivity index (χ1n) is 9.61. The number of benzene rings is 1. The molecule has 4 rings (SSSR count). The van der Waals surface area contributed by atoms with E-state index < -0.39 is 0 Å². The minimum absolute atomic E-state index is 0.182. The molecule has 0 unspecified atom stereocenters. The molecule has 2 fully saturated rings. The van der Waals surface area contributed by atoms with Crippen molar-refractivity contribution in [2.24, 2.45) is 0 Å². The number of aromatic nitrogens is 4. The van der Waals surface area contributed by atoms with Crippen LogP contribution in [0.15, 0.2) is 35.5 Å². The summed E-state index contributed by atoms with van der Waals surface area (Å²) in [5.41, 5.74) is 1.02. The topological polar surface area (TPSA) is 63.9 Å². The summed E-state index contributed by atoms with van der Waals surface area (Å²) in [5, 5.41) is 12.8. The maximum Gasteiger partial charge on any atom is 0.240 e. The van der Waals surface area contributed by atoms with Gasteiger partial charge >= 0.3 is 0 Å². The van der Waals surface area contributed by atoms with Crippen LogP contribution in [0.5, 0.6) is 0 Å². The van der Waals surface area contributed by atoms with Gasteiger partial charge < -0.3 is 4.90 Å². The molecule has 2 aromatic rings. The van der Waals surface area contributed by atoms with Gasteiger partial charge in [-0.2, -0.15) is 0 Å². The van der Waals surface area contributed by atoms with E-state index in [2.05, 4.69) is 15.5 Å². The Hall–Kier alpha value is -1.89. The van der Waals surface area contributed by atoms with E-state index in [0.29, 0.717) is 6.04 Å². The van der Waals surface area contributed by atoms with Crippen LogP contribution in [-0.4, -0.2) is 44.1 Å². The number of thioether (sulfide) groups is 1. The number of hydrogen-bond donors (Lipinski definition) is 0. The van der Waals surface area contributed by atoms with E-state index in [1.165, 1.54) is 31.0 Å². The lowest BCUT2D eigenvalue weighted by Gasteiger charge is -2.30. The molecule has 1 aromatic carbocycles. The second kappa shape index (κ2) is 8.20. The van der Waals surface area contributed by atoms with Gasteiger partial charge in [0.1, 0.15) is 5.25 Å². The molecule has 0 radical (unpaired) electrons. The summed E-state index contributed by atoms with van der Waals surface area (Å²) in [5.74, 6) is 0.182. The van der Waals surface area contributed by atoms with Gasteiger partial charge in [-0.25, -0.2) is 4.68 Å². The fourth-order valence-electron chi connectivity index (χ4n) is 3.92. The molecule has 0 bridgehead atoms. The van der Waals surface area contributed by atoms with Gasteiger partial charge in [-0.1, -0.05) is 54.9 Å². The number of carbonyl (C=O) groups excluding carboxylic acids is 1. The van der Waals surface area contributed by atoms with Crippen LogP contribution in [0.25, 0.3) is 0 Å². The summed E-state index contributed by atoms with van der Waals surface area (Å²) < 4.78 is 1.94. The number of likely N-dealkylation sites (tertiary alicyclic amines) is 1. The third kappa shape index (κ3) is 3.77. The van der Waals surface area contributed by atoms with Crippen molar-refractivity contribution < 1.29 is 4.79 Å². The van der Waals surface area contributed by atoms with Crippen molar-refractivity contribution in [2.45, 2.75) is 61.4 Å². The largest absolute Gasteiger partial charge is 0.341 e. The smallest absolute Gasteiger partial charge is 0.240 e. The van der Waals surface area contributed by atoms with E-state index in [0.717, 1.165) is 49.5 Å². The molecular formula is C19H25N5OS. The maximum absolute atomic E-state index is 13.3. The van der Waals surface area contributed by atoms with Crippen LogP contribution < -0.4 is 0 Å². The third-order valence-electron chi connectivity index (χ3n) is 5.35. The average Bonchev–Trinajstić information content (AvgIpc) is 3.38. The van der Waals surface area contributed by atoms with Crippen molar-refractivity contribution in [1.29, 1.82) is 0 Å². The van der Waals surface area contributed by atoms with Gasteiger partial charge in [0, 0.05) is 13.1 Å². The fraction of sp³-hybridized carbons (Fsp3) is 0.579. The monoisotopic (exact) mass is 371 g/mol. The van der Waals surface area contributed by atoms with Crippen LogP contribution >= 0.6 is 11.8 Å². The normalized spacial score (nSPS) is 19.6. The highest BCUT2D eigenvalue weighted by Crippen LogP contribution is 2.39. The second-order valence-corrected chi connectivity index (χ2v) is 8.21. The van der Waals surface area contributed by atoms with Crippen molar-refractivity contribution in [2.75, 3.05) is 13.1 Å². The minimum Gasteiger partial charge on any atom is -0.341 e. The van der Waals surface area contributed by atoms with E-state index in [1.54, 1.807) is 0 Å². The minimum atomic E-state index is -0.291. The van der Waals surface area contributed by atoms with Gasteiger partial charge in [0.25, 0.3) is 0 Å². The van der Waals surface area contributed by atoms with Gasteiger partial charge in [0.15, 0.2) is 0 Å². The zero-order valence-electron chi connectivity index (χ0n) is 15.0. The number of rotatable bonds is 5. The van der Waals surface area contributed by atoms with E-state index in [-0.39, 0.29) is 11.2 Å². The van der Waals surface area contributed by atoms with Gasteiger partial charge in [0.05, 0.1) is 6.04 Å². The zero-order valence-corrected chi connectivity index (χ0v) is 15.8. The molecule has 0 spiro atoms. The molecule has 138 valence electrons. The van der Waals surface area contributed by atoms with E-state index in [4.69, 9.17) is 0 Å². The van der Waals surface area contributed by atoms with Crippen molar-refractivity contribution >= 4 is 17.7 Å². The third-order valence-corrected chi connectivity index (χ3v) is 6.54. The van der Waals surface area contributed by atoms with E-state index >= 15 is 0 Å². The molecule has 2 aliphatic rings. The standard InChI is InChI=1S/C19H25N5OS/c25-18(23-13-7-2-8-14-23)17(15-9-3-1-4-10-15)26-19-20-21-22-24(19)16-11-5-6-12-16/h1,3-4,9-10,16-17H,2,5-8,11-14H2/t17-/m0/s1. The Morgan fingerprint density at radius 1 is 1.04 bits per heavy atom. The summed E-state index contributed by atoms with van der Waals surface area (Å²) >= 11 is 1.50. The lowest BCUT2D eigenvalue weighted by atomic mass is 10.1. The summed E-state index contributed by atoms with van der Waals surface area (Å²) in [6.45, 7) is 1.71. The van der Waals surface area contributed by atoms with E-state index in [9.17, 15) is 4.79 Å². The van der Waals surface area contributed by atoms with Crippen LogP contribution in [0.3, 0.4) is 0 Å². The predicted molar refractivity (Wildman–Crippen MR) is 101 cm³/mol. The molecule has 7 heteroatoms. The first kappa shape index (κ1) is 17.5. The Bertz CT molecular complexity index is 723. The Kier molecular flexibility index (Phi) is 5.53. The van der Waals surface area contributed by atoms with Crippen molar-refractivity contribution in [3.8, 4) is 0 Å². The molecule has 1 aliphatic heterocycles. The van der Waals surface area contributed by atoms with Gasteiger partial charge in [-0.3, -0.25) is 4.79 Å². The van der Waals surface area contributed by atoms with Crippen LogP contribution in [0.1, 0.15) is 61.8 Å². The molecule has 1 atom stereocenters. The fourth-order valence-corrected chi connectivity index (χ4v) is 5.05. The number of hydrogen-bond acceptors (Lipinski definition) is 5. The molecule has 1 saturated carbocycles. The lowest BCUT2D eigenvalue weighted by Crippen LogP contribution is -2.38. The summed E-state index contributed by atoms with van der Waals surface area (Å²) in [7, 11) is 0. The molecule has 1 aromatic heterocycles. The Morgan fingerprint density at radius 2 is 1.77 bits per heavy atom. The molecule has 2 heterocycles. The van der Waals surface area contributed by atoms with Gasteiger partial charge in [-0.05, 0) is 48.1 Å². The SMILES string of the molecule is O=C([C@@H](Sc1nnnn1C1CCCC1)c1ccccc1)N1CCCCC1. The van der Waals surface area contributed by atoms with Crippen LogP contribution in [0.4, 0.5) is 0 Å². The molecule has 1 aliphatic carbocycles. The van der Waals surface area contributed by atoms with Crippen molar-refractivity contribution in [3.05, 3.63) is 35.9 Å². The number of amides is 1. The molecule has 6 nitrogen and oxygen atoms in total. The number of tetrazole rings is 1. The second-order valence-electron chi connectivity index (χ2n) is 7.14. The predicted octanol–water partition coefficient (Wildman–Crippen LogP) is 3.63. The van der Waals surface area contributed by atoms with Crippen LogP contribution in [0.2, 0.25) is 0 Å². The van der Waals surface area contributed by atoms with Gasteiger partial charge in [0.2, 0.25) is 11.1 Å². The number of carbonyl (C=O) groups is 1. The van der Waals surface area contributed by atoms with E-state index in [1.807, 2.05) is 39.9 Å². The number of piperidine rings is 1. The number of nitrogens with zero attached hydrogens (tertiary/aromatic N) is 5.